The third kappa shape index (κ3) is 2.14. The van der Waals surface area contributed by atoms with Gasteiger partial charge in [-0.05, 0) is 18.2 Å². The summed E-state index contributed by atoms with van der Waals surface area (Å²) < 4.78 is 0. The Labute approximate surface area is 102 Å². The number of thioether (sulfide) groups is 1. The number of fused-ring (bicyclic) bond motifs is 1. The summed E-state index contributed by atoms with van der Waals surface area (Å²) in [6, 6.07) is 5.59. The van der Waals surface area contributed by atoms with E-state index in [4.69, 9.17) is 28.4 Å². The van der Waals surface area contributed by atoms with Gasteiger partial charge in [-0.2, -0.15) is 0 Å². The lowest BCUT2D eigenvalue weighted by Gasteiger charge is -2.16. The lowest BCUT2D eigenvalue weighted by molar-refractivity contribution is 0.322. The first kappa shape index (κ1) is 10.9. The predicted molar refractivity (Wildman–Crippen MR) is 65.2 cm³/mol. The Morgan fingerprint density at radius 1 is 1.40 bits per heavy atom. The fourth-order valence-corrected chi connectivity index (χ4v) is 2.95. The highest BCUT2D eigenvalue weighted by molar-refractivity contribution is 7.99. The van der Waals surface area contributed by atoms with Gasteiger partial charge in [0.25, 0.3) is 0 Å². The van der Waals surface area contributed by atoms with Crippen molar-refractivity contribution in [3.8, 4) is 0 Å². The number of benzene rings is 1. The first-order valence-electron chi connectivity index (χ1n) is 4.21. The van der Waals surface area contributed by atoms with Crippen LogP contribution in [0.25, 0.3) is 5.03 Å². The van der Waals surface area contributed by atoms with Gasteiger partial charge >= 0.3 is 0 Å². The molecule has 0 bridgehead atoms. The molecular weight excluding hydrogens is 253 g/mol. The summed E-state index contributed by atoms with van der Waals surface area (Å²) in [5, 5.41) is 12.7. The summed E-state index contributed by atoms with van der Waals surface area (Å²) in [4.78, 5) is 1.10. The molecule has 1 aromatic rings. The van der Waals surface area contributed by atoms with Gasteiger partial charge in [-0.15, -0.1) is 11.8 Å². The van der Waals surface area contributed by atoms with Crippen molar-refractivity contribution in [1.82, 2.24) is 0 Å². The van der Waals surface area contributed by atoms with E-state index in [1.54, 1.807) is 11.8 Å². The highest BCUT2D eigenvalue weighted by atomic mass is 35.5. The molecular formula is C10H7Cl2NOS. The highest BCUT2D eigenvalue weighted by Gasteiger charge is 2.17. The van der Waals surface area contributed by atoms with Crippen molar-refractivity contribution in [3.05, 3.63) is 34.4 Å². The summed E-state index contributed by atoms with van der Waals surface area (Å²) in [6.07, 6.45) is 1.36. The molecule has 5 heteroatoms. The average molecular weight is 260 g/mol. The third-order valence-electron chi connectivity index (χ3n) is 2.06. The Bertz CT molecular complexity index is 457. The van der Waals surface area contributed by atoms with Gasteiger partial charge in [0, 0.05) is 26.8 Å². The molecule has 0 spiro atoms. The van der Waals surface area contributed by atoms with E-state index in [9.17, 15) is 0 Å². The van der Waals surface area contributed by atoms with Crippen LogP contribution in [-0.2, 0) is 0 Å². The van der Waals surface area contributed by atoms with E-state index < -0.39 is 0 Å². The van der Waals surface area contributed by atoms with Crippen molar-refractivity contribution >= 4 is 46.2 Å². The second-order valence-electron chi connectivity index (χ2n) is 3.01. The molecule has 78 valence electrons. The van der Waals surface area contributed by atoms with E-state index in [0.717, 1.165) is 16.0 Å². The Kier molecular flexibility index (Phi) is 3.24. The summed E-state index contributed by atoms with van der Waals surface area (Å²) in [5.74, 6) is 0.706. The fourth-order valence-electron chi connectivity index (χ4n) is 1.36. The molecule has 15 heavy (non-hydrogen) atoms. The van der Waals surface area contributed by atoms with Gasteiger partial charge in [0.05, 0.1) is 11.2 Å². The molecule has 0 amide bonds. The number of halogens is 2. The third-order valence-corrected chi connectivity index (χ3v) is 3.86. The monoisotopic (exact) mass is 259 g/mol. The van der Waals surface area contributed by atoms with E-state index in [-0.39, 0.29) is 0 Å². The van der Waals surface area contributed by atoms with Crippen LogP contribution in [-0.4, -0.2) is 17.2 Å². The summed E-state index contributed by atoms with van der Waals surface area (Å²) >= 11 is 13.7. The molecule has 1 aliphatic rings. The zero-order valence-corrected chi connectivity index (χ0v) is 9.90. The molecule has 1 N–H and O–H groups in total. The van der Waals surface area contributed by atoms with Crippen LogP contribution in [0.1, 0.15) is 5.56 Å². The molecule has 1 aromatic carbocycles. The first-order chi connectivity index (χ1) is 7.22. The van der Waals surface area contributed by atoms with Gasteiger partial charge in [-0.25, -0.2) is 0 Å². The predicted octanol–water partition coefficient (Wildman–Crippen LogP) is 3.86. The molecule has 2 nitrogen and oxygen atoms in total. The van der Waals surface area contributed by atoms with E-state index in [1.807, 2.05) is 18.2 Å². The van der Waals surface area contributed by atoms with Crippen LogP contribution in [0.5, 0.6) is 0 Å². The van der Waals surface area contributed by atoms with Gasteiger partial charge in [-0.3, -0.25) is 0 Å². The quantitative estimate of drug-likeness (QED) is 0.472. The molecule has 0 aromatic heterocycles. The van der Waals surface area contributed by atoms with Crippen LogP contribution in [0.2, 0.25) is 5.02 Å². The number of nitrogens with zero attached hydrogens (tertiary/aromatic N) is 1. The van der Waals surface area contributed by atoms with Gasteiger partial charge in [0.1, 0.15) is 0 Å². The van der Waals surface area contributed by atoms with Gasteiger partial charge in [0.2, 0.25) is 0 Å². The minimum atomic E-state index is 0.601. The smallest absolute Gasteiger partial charge is 0.0717 e. The molecule has 1 aliphatic heterocycles. The molecule has 0 radical (unpaired) electrons. The van der Waals surface area contributed by atoms with Gasteiger partial charge < -0.3 is 5.21 Å². The van der Waals surface area contributed by atoms with Crippen LogP contribution in [0, 0.1) is 0 Å². The number of oxime groups is 1. The van der Waals surface area contributed by atoms with Gasteiger partial charge in [0.15, 0.2) is 0 Å². The maximum atomic E-state index is 8.48. The summed E-state index contributed by atoms with van der Waals surface area (Å²) in [6.45, 7) is 0. The molecule has 0 saturated carbocycles. The maximum Gasteiger partial charge on any atom is 0.0717 e. The topological polar surface area (TPSA) is 32.6 Å². The molecule has 0 aliphatic carbocycles. The molecule has 1 heterocycles. The van der Waals surface area contributed by atoms with Crippen molar-refractivity contribution in [2.45, 2.75) is 4.90 Å². The number of hydrogen-bond acceptors (Lipinski definition) is 3. The van der Waals surface area contributed by atoms with Crippen LogP contribution in [0.15, 0.2) is 33.8 Å². The number of hydrogen-bond donors (Lipinski definition) is 1. The Hall–Kier alpha value is -0.640. The second-order valence-corrected chi connectivity index (χ2v) is 4.84. The van der Waals surface area contributed by atoms with Crippen LogP contribution >= 0.6 is 35.0 Å². The second kappa shape index (κ2) is 4.47. The van der Waals surface area contributed by atoms with E-state index in [2.05, 4.69) is 5.16 Å². The zero-order valence-electron chi connectivity index (χ0n) is 7.58. The molecule has 0 unspecified atom stereocenters. The summed E-state index contributed by atoms with van der Waals surface area (Å²) in [5.41, 5.74) is 1.70. The van der Waals surface area contributed by atoms with Gasteiger partial charge in [-0.1, -0.05) is 28.4 Å². The van der Waals surface area contributed by atoms with Crippen molar-refractivity contribution in [3.63, 3.8) is 0 Å². The Morgan fingerprint density at radius 3 is 2.93 bits per heavy atom. The average Bonchev–Trinajstić information content (AvgIpc) is 2.23. The normalized spacial score (nSPS) is 15.9. The minimum Gasteiger partial charge on any atom is -0.411 e. The van der Waals surface area contributed by atoms with Crippen molar-refractivity contribution in [2.24, 2.45) is 5.16 Å². The van der Waals surface area contributed by atoms with E-state index in [0.29, 0.717) is 15.8 Å². The highest BCUT2D eigenvalue weighted by Crippen LogP contribution is 2.39. The molecule has 0 saturated heterocycles. The molecule has 0 fully saturated rings. The van der Waals surface area contributed by atoms with E-state index in [1.165, 1.54) is 6.21 Å². The van der Waals surface area contributed by atoms with Crippen LogP contribution in [0.3, 0.4) is 0 Å². The lowest BCUT2D eigenvalue weighted by atomic mass is 10.1. The minimum absolute atomic E-state index is 0.601. The Morgan fingerprint density at radius 2 is 2.20 bits per heavy atom. The number of rotatable bonds is 1. The van der Waals surface area contributed by atoms with Crippen LogP contribution in [0.4, 0.5) is 0 Å². The Balaban J connectivity index is 2.54. The largest absolute Gasteiger partial charge is 0.411 e. The first-order valence-corrected chi connectivity index (χ1v) is 5.95. The standard InChI is InChI=1S/C10H7Cl2NOS/c11-7-1-2-9-8(3-7)10(12)6(4-13-14)5-15-9/h1-4,14H,5H2. The maximum absolute atomic E-state index is 8.48. The lowest BCUT2D eigenvalue weighted by Crippen LogP contribution is -2.00. The molecule has 0 atom stereocenters. The van der Waals surface area contributed by atoms with Crippen molar-refractivity contribution in [2.75, 3.05) is 5.75 Å². The molecule has 2 rings (SSSR count). The van der Waals surface area contributed by atoms with E-state index >= 15 is 0 Å². The van der Waals surface area contributed by atoms with Crippen molar-refractivity contribution in [1.29, 1.82) is 0 Å². The van der Waals surface area contributed by atoms with Crippen LogP contribution < -0.4 is 0 Å². The SMILES string of the molecule is ON=CC1=C(Cl)c2cc(Cl)ccc2SC1. The zero-order chi connectivity index (χ0) is 10.8. The summed E-state index contributed by atoms with van der Waals surface area (Å²) in [7, 11) is 0. The fraction of sp³-hybridized carbons (Fsp3) is 0.100. The van der Waals surface area contributed by atoms with Crippen molar-refractivity contribution < 1.29 is 5.21 Å².